The third-order valence-corrected chi connectivity index (χ3v) is 6.27. The molecule has 0 radical (unpaired) electrons. The predicted octanol–water partition coefficient (Wildman–Crippen LogP) is 7.81. The van der Waals surface area contributed by atoms with Crippen molar-refractivity contribution in [3.8, 4) is 5.75 Å². The summed E-state index contributed by atoms with van der Waals surface area (Å²) < 4.78 is 11.4. The van der Waals surface area contributed by atoms with Crippen LogP contribution in [-0.4, -0.2) is 25.0 Å². The van der Waals surface area contributed by atoms with Crippen LogP contribution in [0.3, 0.4) is 0 Å². The zero-order chi connectivity index (χ0) is 25.5. The molecule has 188 valence electrons. The van der Waals surface area contributed by atoms with Crippen molar-refractivity contribution >= 4 is 17.5 Å². The van der Waals surface area contributed by atoms with Gasteiger partial charge in [-0.05, 0) is 66.3 Å². The monoisotopic (exact) mass is 482 g/mol. The summed E-state index contributed by atoms with van der Waals surface area (Å²) in [5.74, 6) is 0.857. The number of anilines is 1. The molecule has 0 N–H and O–H groups in total. The van der Waals surface area contributed by atoms with Gasteiger partial charge in [-0.2, -0.15) is 5.10 Å². The SMILES string of the molecule is CC(C)OCCOc1ccc(C2CC(/C=C/c3ccc(C(C)(C)C)cc3)=NN2c2ccccc2)cc1. The molecule has 1 atom stereocenters. The first kappa shape index (κ1) is 25.7. The second-order valence-corrected chi connectivity index (χ2v) is 10.5. The Labute approximate surface area is 216 Å². The Morgan fingerprint density at radius 1 is 0.889 bits per heavy atom. The average Bonchev–Trinajstić information content (AvgIpc) is 3.30. The first-order valence-corrected chi connectivity index (χ1v) is 12.8. The Morgan fingerprint density at radius 2 is 1.58 bits per heavy atom. The Balaban J connectivity index is 1.48. The van der Waals surface area contributed by atoms with Crippen LogP contribution in [0.15, 0.2) is 90.0 Å². The highest BCUT2D eigenvalue weighted by Crippen LogP contribution is 2.36. The standard InChI is InChI=1S/C32H38N2O2/c1-24(2)35-21-22-36-30-19-14-26(15-20-30)31-23-28(33-34(31)29-9-7-6-8-10-29)18-13-25-11-16-27(17-12-25)32(3,4)5/h6-20,24,31H,21-23H2,1-5H3/b18-13+. The molecule has 1 aliphatic rings. The van der Waals surface area contributed by atoms with Crippen LogP contribution in [0.1, 0.15) is 63.8 Å². The third kappa shape index (κ3) is 6.86. The fourth-order valence-corrected chi connectivity index (χ4v) is 4.23. The average molecular weight is 483 g/mol. The number of hydrazone groups is 1. The van der Waals surface area contributed by atoms with Crippen LogP contribution in [0.5, 0.6) is 5.75 Å². The van der Waals surface area contributed by atoms with Gasteiger partial charge in [-0.15, -0.1) is 0 Å². The number of ether oxygens (including phenoxy) is 2. The molecular formula is C32H38N2O2. The van der Waals surface area contributed by atoms with Gasteiger partial charge in [0, 0.05) is 6.42 Å². The Bertz CT molecular complexity index is 1160. The summed E-state index contributed by atoms with van der Waals surface area (Å²) in [4.78, 5) is 0. The highest BCUT2D eigenvalue weighted by atomic mass is 16.5. The molecule has 4 heteroatoms. The van der Waals surface area contributed by atoms with Crippen LogP contribution in [0.25, 0.3) is 6.08 Å². The second kappa shape index (κ2) is 11.6. The van der Waals surface area contributed by atoms with E-state index in [-0.39, 0.29) is 17.6 Å². The van der Waals surface area contributed by atoms with Crippen LogP contribution in [-0.2, 0) is 10.2 Å². The molecule has 4 nitrogen and oxygen atoms in total. The normalized spacial score (nSPS) is 16.1. The number of rotatable bonds is 9. The lowest BCUT2D eigenvalue weighted by molar-refractivity contribution is 0.0552. The minimum absolute atomic E-state index is 0.133. The highest BCUT2D eigenvalue weighted by molar-refractivity contribution is 6.01. The van der Waals surface area contributed by atoms with Crippen molar-refractivity contribution in [3.05, 3.63) is 102 Å². The topological polar surface area (TPSA) is 34.1 Å². The molecule has 0 saturated heterocycles. The van der Waals surface area contributed by atoms with E-state index in [9.17, 15) is 0 Å². The predicted molar refractivity (Wildman–Crippen MR) is 151 cm³/mol. The van der Waals surface area contributed by atoms with Crippen molar-refractivity contribution in [3.63, 3.8) is 0 Å². The van der Waals surface area contributed by atoms with Crippen molar-refractivity contribution in [1.29, 1.82) is 0 Å². The summed E-state index contributed by atoms with van der Waals surface area (Å²) in [5.41, 5.74) is 6.05. The molecule has 1 unspecified atom stereocenters. The largest absolute Gasteiger partial charge is 0.491 e. The molecule has 0 aromatic heterocycles. The molecule has 36 heavy (non-hydrogen) atoms. The molecule has 0 fully saturated rings. The van der Waals surface area contributed by atoms with Gasteiger partial charge in [-0.25, -0.2) is 0 Å². The van der Waals surface area contributed by atoms with E-state index in [0.717, 1.165) is 23.6 Å². The zero-order valence-corrected chi connectivity index (χ0v) is 22.1. The molecule has 3 aromatic rings. The molecule has 1 aliphatic heterocycles. The second-order valence-electron chi connectivity index (χ2n) is 10.5. The molecule has 0 spiro atoms. The Hall–Kier alpha value is -3.37. The van der Waals surface area contributed by atoms with Crippen LogP contribution >= 0.6 is 0 Å². The molecule has 0 aliphatic carbocycles. The minimum atomic E-state index is 0.133. The smallest absolute Gasteiger partial charge is 0.119 e. The lowest BCUT2D eigenvalue weighted by Gasteiger charge is -2.24. The third-order valence-electron chi connectivity index (χ3n) is 6.27. The number of hydrogen-bond donors (Lipinski definition) is 0. The van der Waals surface area contributed by atoms with Crippen molar-refractivity contribution in [2.45, 2.75) is 58.6 Å². The van der Waals surface area contributed by atoms with E-state index in [0.29, 0.717) is 13.2 Å². The maximum absolute atomic E-state index is 5.85. The van der Waals surface area contributed by atoms with Crippen molar-refractivity contribution < 1.29 is 9.47 Å². The van der Waals surface area contributed by atoms with Crippen molar-refractivity contribution in [2.75, 3.05) is 18.2 Å². The van der Waals surface area contributed by atoms with Gasteiger partial charge in [0.15, 0.2) is 0 Å². The van der Waals surface area contributed by atoms with Gasteiger partial charge < -0.3 is 9.47 Å². The van der Waals surface area contributed by atoms with Crippen molar-refractivity contribution in [2.24, 2.45) is 5.10 Å². The molecule has 3 aromatic carbocycles. The molecular weight excluding hydrogens is 444 g/mol. The quantitative estimate of drug-likeness (QED) is 0.292. The van der Waals surface area contributed by atoms with Crippen LogP contribution < -0.4 is 9.75 Å². The number of para-hydroxylation sites is 1. The van der Waals surface area contributed by atoms with Crippen molar-refractivity contribution in [1.82, 2.24) is 0 Å². The Kier molecular flexibility index (Phi) is 8.27. The van der Waals surface area contributed by atoms with E-state index < -0.39 is 0 Å². The van der Waals surface area contributed by atoms with E-state index >= 15 is 0 Å². The lowest BCUT2D eigenvalue weighted by Crippen LogP contribution is -2.18. The highest BCUT2D eigenvalue weighted by Gasteiger charge is 2.28. The van der Waals surface area contributed by atoms with Gasteiger partial charge in [0.1, 0.15) is 12.4 Å². The molecule has 0 amide bonds. The van der Waals surface area contributed by atoms with Gasteiger partial charge >= 0.3 is 0 Å². The summed E-state index contributed by atoms with van der Waals surface area (Å²) in [7, 11) is 0. The summed E-state index contributed by atoms with van der Waals surface area (Å²) in [5, 5.41) is 7.14. The fraction of sp³-hybridized carbons (Fsp3) is 0.344. The van der Waals surface area contributed by atoms with E-state index in [1.165, 1.54) is 16.7 Å². The maximum atomic E-state index is 5.85. The van der Waals surface area contributed by atoms with Gasteiger partial charge in [-0.3, -0.25) is 5.01 Å². The molecule has 1 heterocycles. The fourth-order valence-electron chi connectivity index (χ4n) is 4.23. The summed E-state index contributed by atoms with van der Waals surface area (Å²) in [6.07, 6.45) is 5.36. The number of hydrogen-bond acceptors (Lipinski definition) is 4. The van der Waals surface area contributed by atoms with Gasteiger partial charge in [0.05, 0.1) is 30.2 Å². The summed E-state index contributed by atoms with van der Waals surface area (Å²) >= 11 is 0. The van der Waals surface area contributed by atoms with Crippen LogP contribution in [0.4, 0.5) is 5.69 Å². The number of nitrogens with zero attached hydrogens (tertiary/aromatic N) is 2. The molecule has 0 bridgehead atoms. The van der Waals surface area contributed by atoms with E-state index in [1.807, 2.05) is 32.0 Å². The minimum Gasteiger partial charge on any atom is -0.491 e. The van der Waals surface area contributed by atoms with Gasteiger partial charge in [0.25, 0.3) is 0 Å². The first-order valence-electron chi connectivity index (χ1n) is 12.8. The number of benzene rings is 3. The lowest BCUT2D eigenvalue weighted by atomic mass is 9.87. The van der Waals surface area contributed by atoms with E-state index in [1.54, 1.807) is 0 Å². The van der Waals surface area contributed by atoms with E-state index in [4.69, 9.17) is 14.6 Å². The number of allylic oxidation sites excluding steroid dienone is 1. The molecule has 4 rings (SSSR count). The van der Waals surface area contributed by atoms with Gasteiger partial charge in [-0.1, -0.05) is 81.4 Å². The van der Waals surface area contributed by atoms with Crippen LogP contribution in [0.2, 0.25) is 0 Å². The first-order chi connectivity index (χ1) is 17.3. The summed E-state index contributed by atoms with van der Waals surface area (Å²) in [6, 6.07) is 27.7. The van der Waals surface area contributed by atoms with Crippen LogP contribution in [0, 0.1) is 0 Å². The molecule has 0 saturated carbocycles. The van der Waals surface area contributed by atoms with E-state index in [2.05, 4.69) is 98.6 Å². The van der Waals surface area contributed by atoms with Gasteiger partial charge in [0.2, 0.25) is 0 Å². The maximum Gasteiger partial charge on any atom is 0.119 e. The zero-order valence-electron chi connectivity index (χ0n) is 22.1. The summed E-state index contributed by atoms with van der Waals surface area (Å²) in [6.45, 7) is 11.9. The Morgan fingerprint density at radius 3 is 2.22 bits per heavy atom.